The molecule has 0 saturated carbocycles. The molecule has 0 radical (unpaired) electrons. The summed E-state index contributed by atoms with van der Waals surface area (Å²) in [6.07, 6.45) is 1.40. The van der Waals surface area contributed by atoms with Gasteiger partial charge in [-0.3, -0.25) is 9.59 Å². The lowest BCUT2D eigenvalue weighted by molar-refractivity contribution is -0.141. The Bertz CT molecular complexity index is 331. The summed E-state index contributed by atoms with van der Waals surface area (Å²) in [7, 11) is 0. The minimum atomic E-state index is -1.04. The molecule has 1 aliphatic rings. The van der Waals surface area contributed by atoms with Crippen LogP contribution >= 0.6 is 11.8 Å². The Kier molecular flexibility index (Phi) is 5.97. The fraction of sp³-hybridized carbons (Fsp3) is 0.727. The van der Waals surface area contributed by atoms with Gasteiger partial charge in [0.15, 0.2) is 0 Å². The number of amides is 2. The number of hydrogen-bond donors (Lipinski definition) is 2. The van der Waals surface area contributed by atoms with E-state index < -0.39 is 12.0 Å². The second-order valence-corrected chi connectivity index (χ2v) is 5.27. The molecule has 102 valence electrons. The van der Waals surface area contributed by atoms with Crippen molar-refractivity contribution in [2.75, 3.05) is 24.6 Å². The van der Waals surface area contributed by atoms with E-state index in [1.807, 2.05) is 0 Å². The number of nitrogens with zero attached hydrogens (tertiary/aromatic N) is 1. The van der Waals surface area contributed by atoms with Gasteiger partial charge in [0, 0.05) is 20.0 Å². The van der Waals surface area contributed by atoms with Crippen LogP contribution < -0.4 is 5.32 Å². The number of carbonyl (C=O) groups is 3. The molecule has 0 aliphatic carbocycles. The first-order chi connectivity index (χ1) is 8.50. The average Bonchev–Trinajstić information content (AvgIpc) is 2.19. The van der Waals surface area contributed by atoms with Gasteiger partial charge < -0.3 is 15.3 Å². The number of carboxylic acid groups (broad SMARTS) is 1. The van der Waals surface area contributed by atoms with Gasteiger partial charge in [-0.25, -0.2) is 4.79 Å². The third-order valence-electron chi connectivity index (χ3n) is 2.66. The van der Waals surface area contributed by atoms with Crippen molar-refractivity contribution in [1.82, 2.24) is 10.2 Å². The lowest BCUT2D eigenvalue weighted by Gasteiger charge is -2.30. The fourth-order valence-electron chi connectivity index (χ4n) is 1.52. The van der Waals surface area contributed by atoms with Crippen LogP contribution in [-0.2, 0) is 14.4 Å². The molecule has 1 atom stereocenters. The largest absolute Gasteiger partial charge is 0.480 e. The summed E-state index contributed by atoms with van der Waals surface area (Å²) >= 11 is 1.41. The summed E-state index contributed by atoms with van der Waals surface area (Å²) in [5.74, 6) is -0.370. The van der Waals surface area contributed by atoms with Crippen LogP contribution in [0.3, 0.4) is 0 Å². The van der Waals surface area contributed by atoms with Crippen LogP contribution in [0.15, 0.2) is 0 Å². The van der Waals surface area contributed by atoms with E-state index in [-0.39, 0.29) is 11.8 Å². The Morgan fingerprint density at radius 2 is 2.06 bits per heavy atom. The first kappa shape index (κ1) is 14.8. The molecule has 0 bridgehead atoms. The van der Waals surface area contributed by atoms with E-state index in [1.54, 1.807) is 4.90 Å². The smallest absolute Gasteiger partial charge is 0.326 e. The Labute approximate surface area is 110 Å². The molecule has 1 rings (SSSR count). The molecule has 1 aliphatic heterocycles. The number of nitrogens with one attached hydrogen (secondary N) is 1. The molecular weight excluding hydrogens is 256 g/mol. The Morgan fingerprint density at radius 1 is 1.39 bits per heavy atom. The van der Waals surface area contributed by atoms with Gasteiger partial charge in [0.25, 0.3) is 0 Å². The number of thioether (sulfide) groups is 1. The molecule has 1 heterocycles. The number of hydrogen-bond acceptors (Lipinski definition) is 4. The van der Waals surface area contributed by atoms with E-state index in [9.17, 15) is 14.4 Å². The van der Waals surface area contributed by atoms with Gasteiger partial charge in [0.1, 0.15) is 6.04 Å². The van der Waals surface area contributed by atoms with Gasteiger partial charge in [0.05, 0.1) is 5.75 Å². The highest BCUT2D eigenvalue weighted by Gasteiger charge is 2.21. The maximum atomic E-state index is 11.5. The van der Waals surface area contributed by atoms with Crippen molar-refractivity contribution in [3.63, 3.8) is 0 Å². The molecule has 2 N–H and O–H groups in total. The SMILES string of the molecule is CC(=O)NC(CCSCC(=O)N1CCC1)C(=O)O. The highest BCUT2D eigenvalue weighted by molar-refractivity contribution is 7.99. The molecule has 7 heteroatoms. The Morgan fingerprint density at radius 3 is 2.50 bits per heavy atom. The van der Waals surface area contributed by atoms with Gasteiger partial charge in [-0.2, -0.15) is 11.8 Å². The third-order valence-corrected chi connectivity index (χ3v) is 3.64. The first-order valence-electron chi connectivity index (χ1n) is 5.86. The fourth-order valence-corrected chi connectivity index (χ4v) is 2.42. The quantitative estimate of drug-likeness (QED) is 0.635. The van der Waals surface area contributed by atoms with Crippen LogP contribution in [0.1, 0.15) is 19.8 Å². The second-order valence-electron chi connectivity index (χ2n) is 4.17. The lowest BCUT2D eigenvalue weighted by atomic mass is 10.2. The van der Waals surface area contributed by atoms with Crippen molar-refractivity contribution >= 4 is 29.5 Å². The molecule has 1 fully saturated rings. The minimum absolute atomic E-state index is 0.109. The van der Waals surface area contributed by atoms with Crippen LogP contribution in [0.2, 0.25) is 0 Å². The van der Waals surface area contributed by atoms with Gasteiger partial charge in [-0.15, -0.1) is 0 Å². The first-order valence-corrected chi connectivity index (χ1v) is 7.01. The van der Waals surface area contributed by atoms with E-state index in [2.05, 4.69) is 5.32 Å². The molecule has 0 aromatic rings. The third kappa shape index (κ3) is 4.95. The Hall–Kier alpha value is -1.24. The van der Waals surface area contributed by atoms with Gasteiger partial charge in [0.2, 0.25) is 11.8 Å². The van der Waals surface area contributed by atoms with Crippen LogP contribution in [0.25, 0.3) is 0 Å². The van der Waals surface area contributed by atoms with E-state index in [1.165, 1.54) is 18.7 Å². The normalized spacial score (nSPS) is 15.7. The number of rotatable bonds is 7. The monoisotopic (exact) mass is 274 g/mol. The second kappa shape index (κ2) is 7.25. The van der Waals surface area contributed by atoms with Crippen LogP contribution in [0.5, 0.6) is 0 Å². The van der Waals surface area contributed by atoms with E-state index >= 15 is 0 Å². The summed E-state index contributed by atoms with van der Waals surface area (Å²) in [4.78, 5) is 34.9. The molecule has 1 unspecified atom stereocenters. The predicted octanol–water partition coefficient (Wildman–Crippen LogP) is -0.0687. The van der Waals surface area contributed by atoms with Crippen molar-refractivity contribution in [1.29, 1.82) is 0 Å². The van der Waals surface area contributed by atoms with Crippen LogP contribution in [0.4, 0.5) is 0 Å². The molecule has 0 spiro atoms. The summed E-state index contributed by atoms with van der Waals surface area (Å²) < 4.78 is 0. The zero-order valence-corrected chi connectivity index (χ0v) is 11.2. The highest BCUT2D eigenvalue weighted by Crippen LogP contribution is 2.11. The molecule has 2 amide bonds. The molecule has 0 aromatic carbocycles. The van der Waals surface area contributed by atoms with Crippen molar-refractivity contribution in [3.05, 3.63) is 0 Å². The standard InChI is InChI=1S/C11H18N2O4S/c1-8(14)12-9(11(16)17)3-6-18-7-10(15)13-4-2-5-13/h9H,2-7H2,1H3,(H,12,14)(H,16,17). The number of carboxylic acids is 1. The maximum absolute atomic E-state index is 11.5. The van der Waals surface area contributed by atoms with Crippen molar-refractivity contribution in [2.45, 2.75) is 25.8 Å². The molecular formula is C11H18N2O4S. The minimum Gasteiger partial charge on any atom is -0.480 e. The number of aliphatic carboxylic acids is 1. The topological polar surface area (TPSA) is 86.7 Å². The number of likely N-dealkylation sites (tertiary alicyclic amines) is 1. The molecule has 0 aromatic heterocycles. The van der Waals surface area contributed by atoms with Crippen molar-refractivity contribution < 1.29 is 19.5 Å². The summed E-state index contributed by atoms with van der Waals surface area (Å²) in [6, 6.07) is -0.867. The zero-order chi connectivity index (χ0) is 13.5. The van der Waals surface area contributed by atoms with Gasteiger partial charge >= 0.3 is 5.97 Å². The molecule has 1 saturated heterocycles. The summed E-state index contributed by atoms with van der Waals surface area (Å²) in [5.41, 5.74) is 0. The van der Waals surface area contributed by atoms with Crippen molar-refractivity contribution in [2.24, 2.45) is 0 Å². The van der Waals surface area contributed by atoms with Crippen molar-refractivity contribution in [3.8, 4) is 0 Å². The number of carbonyl (C=O) groups excluding carboxylic acids is 2. The zero-order valence-electron chi connectivity index (χ0n) is 10.3. The van der Waals surface area contributed by atoms with Gasteiger partial charge in [-0.05, 0) is 18.6 Å². The maximum Gasteiger partial charge on any atom is 0.326 e. The van der Waals surface area contributed by atoms with Crippen LogP contribution in [0, 0.1) is 0 Å². The molecule has 18 heavy (non-hydrogen) atoms. The molecule has 6 nitrogen and oxygen atoms in total. The Balaban J connectivity index is 2.15. The van der Waals surface area contributed by atoms with E-state index in [4.69, 9.17) is 5.11 Å². The summed E-state index contributed by atoms with van der Waals surface area (Å²) in [5, 5.41) is 11.2. The highest BCUT2D eigenvalue weighted by atomic mass is 32.2. The predicted molar refractivity (Wildman–Crippen MR) is 68.4 cm³/mol. The average molecular weight is 274 g/mol. The van der Waals surface area contributed by atoms with E-state index in [0.29, 0.717) is 17.9 Å². The van der Waals surface area contributed by atoms with Gasteiger partial charge in [-0.1, -0.05) is 0 Å². The lowest BCUT2D eigenvalue weighted by Crippen LogP contribution is -2.43. The van der Waals surface area contributed by atoms with Crippen LogP contribution in [-0.4, -0.2) is 58.4 Å². The summed E-state index contributed by atoms with van der Waals surface area (Å²) in [6.45, 7) is 2.96. The van der Waals surface area contributed by atoms with E-state index in [0.717, 1.165) is 19.5 Å².